The molecule has 1 aliphatic heterocycles. The molecule has 1 saturated heterocycles. The lowest BCUT2D eigenvalue weighted by atomic mass is 10.0. The molecule has 0 aliphatic carbocycles. The van der Waals surface area contributed by atoms with Crippen molar-refractivity contribution in [3.63, 3.8) is 0 Å². The van der Waals surface area contributed by atoms with E-state index in [1.165, 1.54) is 18.5 Å². The largest absolute Gasteiger partial charge is 0.416 e. The second-order valence-electron chi connectivity index (χ2n) is 9.95. The Labute approximate surface area is 235 Å². The molecular formula is C29H29F3N8O. The SMILES string of the molecule is Cc1ccc(C(=O)Nc2ccc(CN3CCN(C)CC3)c(C(F)(F)F)c2)cc1Nc1nccc(-c2cncnc2)n1. The Morgan fingerprint density at radius 3 is 2.49 bits per heavy atom. The fraction of sp³-hybridized carbons (Fsp3) is 0.276. The maximum absolute atomic E-state index is 14.0. The van der Waals surface area contributed by atoms with Crippen LogP contribution in [0.3, 0.4) is 0 Å². The van der Waals surface area contributed by atoms with E-state index < -0.39 is 17.6 Å². The molecule has 4 aromatic rings. The van der Waals surface area contributed by atoms with Gasteiger partial charge in [0.05, 0.1) is 11.3 Å². The van der Waals surface area contributed by atoms with E-state index in [0.29, 0.717) is 30.4 Å². The molecular weight excluding hydrogens is 533 g/mol. The third-order valence-corrected chi connectivity index (χ3v) is 6.92. The van der Waals surface area contributed by atoms with Crippen LogP contribution in [0.2, 0.25) is 0 Å². The summed E-state index contributed by atoms with van der Waals surface area (Å²) < 4.78 is 41.9. The normalized spacial score (nSPS) is 14.6. The highest BCUT2D eigenvalue weighted by molar-refractivity contribution is 6.05. The molecule has 1 amide bonds. The van der Waals surface area contributed by atoms with Gasteiger partial charge >= 0.3 is 6.18 Å². The number of nitrogens with zero attached hydrogens (tertiary/aromatic N) is 6. The number of rotatable bonds is 7. The topological polar surface area (TPSA) is 99.2 Å². The van der Waals surface area contributed by atoms with Crippen LogP contribution in [-0.2, 0) is 12.7 Å². The number of likely N-dealkylation sites (N-methyl/N-ethyl adjacent to an activating group) is 1. The van der Waals surface area contributed by atoms with Crippen LogP contribution in [0.5, 0.6) is 0 Å². The van der Waals surface area contributed by atoms with Gasteiger partial charge in [-0.1, -0.05) is 12.1 Å². The fourth-order valence-electron chi connectivity index (χ4n) is 4.54. The van der Waals surface area contributed by atoms with Gasteiger partial charge in [0.25, 0.3) is 5.91 Å². The lowest BCUT2D eigenvalue weighted by Crippen LogP contribution is -2.44. The Morgan fingerprint density at radius 1 is 1.00 bits per heavy atom. The van der Waals surface area contributed by atoms with E-state index in [9.17, 15) is 18.0 Å². The molecule has 1 aliphatic rings. The number of nitrogens with one attached hydrogen (secondary N) is 2. The fourth-order valence-corrected chi connectivity index (χ4v) is 4.54. The van der Waals surface area contributed by atoms with Gasteiger partial charge in [-0.2, -0.15) is 13.2 Å². The number of alkyl halides is 3. The summed E-state index contributed by atoms with van der Waals surface area (Å²) in [7, 11) is 2.00. The zero-order chi connectivity index (χ0) is 29.0. The Balaban J connectivity index is 1.32. The van der Waals surface area contributed by atoms with E-state index in [-0.39, 0.29) is 23.4 Å². The molecule has 9 nitrogen and oxygen atoms in total. The number of hydrogen-bond donors (Lipinski definition) is 2. The van der Waals surface area contributed by atoms with Crippen molar-refractivity contribution >= 4 is 23.2 Å². The number of amides is 1. The van der Waals surface area contributed by atoms with E-state index in [2.05, 4.69) is 35.5 Å². The molecule has 5 rings (SSSR count). The summed E-state index contributed by atoms with van der Waals surface area (Å²) in [5.74, 6) is -0.234. The van der Waals surface area contributed by atoms with Gasteiger partial charge in [-0.25, -0.2) is 19.9 Å². The first-order chi connectivity index (χ1) is 19.7. The third-order valence-electron chi connectivity index (χ3n) is 6.92. The van der Waals surface area contributed by atoms with Crippen molar-refractivity contribution < 1.29 is 18.0 Å². The number of anilines is 3. The average molecular weight is 563 g/mol. The van der Waals surface area contributed by atoms with Crippen molar-refractivity contribution in [3.05, 3.63) is 89.6 Å². The molecule has 1 fully saturated rings. The maximum atomic E-state index is 14.0. The minimum Gasteiger partial charge on any atom is -0.324 e. The molecule has 0 unspecified atom stereocenters. The number of hydrogen-bond acceptors (Lipinski definition) is 8. The smallest absolute Gasteiger partial charge is 0.324 e. The van der Waals surface area contributed by atoms with Crippen molar-refractivity contribution in [3.8, 4) is 11.3 Å². The number of piperazine rings is 1. The van der Waals surface area contributed by atoms with Gasteiger partial charge in [-0.05, 0) is 55.4 Å². The van der Waals surface area contributed by atoms with Crippen LogP contribution < -0.4 is 10.6 Å². The van der Waals surface area contributed by atoms with Crippen molar-refractivity contribution in [2.45, 2.75) is 19.6 Å². The van der Waals surface area contributed by atoms with Gasteiger partial charge < -0.3 is 15.5 Å². The first kappa shape index (κ1) is 28.1. The van der Waals surface area contributed by atoms with Crippen LogP contribution >= 0.6 is 0 Å². The number of carbonyl (C=O) groups is 1. The van der Waals surface area contributed by atoms with Gasteiger partial charge in [-0.3, -0.25) is 9.69 Å². The zero-order valence-corrected chi connectivity index (χ0v) is 22.6. The quantitative estimate of drug-likeness (QED) is 0.325. The molecule has 2 aromatic heterocycles. The third kappa shape index (κ3) is 7.02. The molecule has 0 radical (unpaired) electrons. The Kier molecular flexibility index (Phi) is 8.22. The Bertz CT molecular complexity index is 1520. The summed E-state index contributed by atoms with van der Waals surface area (Å²) in [5, 5.41) is 5.74. The lowest BCUT2D eigenvalue weighted by molar-refractivity contribution is -0.138. The number of aromatic nitrogens is 4. The number of carbonyl (C=O) groups excluding carboxylic acids is 1. The minimum absolute atomic E-state index is 0.0700. The second-order valence-corrected chi connectivity index (χ2v) is 9.95. The summed E-state index contributed by atoms with van der Waals surface area (Å²) in [6.07, 6.45) is 1.74. The average Bonchev–Trinajstić information content (AvgIpc) is 2.96. The highest BCUT2D eigenvalue weighted by Crippen LogP contribution is 2.35. The van der Waals surface area contributed by atoms with Crippen LogP contribution in [-0.4, -0.2) is 68.9 Å². The van der Waals surface area contributed by atoms with Crippen molar-refractivity contribution in [2.24, 2.45) is 0 Å². The number of aryl methyl sites for hydroxylation is 1. The van der Waals surface area contributed by atoms with E-state index >= 15 is 0 Å². The lowest BCUT2D eigenvalue weighted by Gasteiger charge is -2.33. The van der Waals surface area contributed by atoms with Crippen LogP contribution in [0.15, 0.2) is 67.4 Å². The molecule has 212 valence electrons. The van der Waals surface area contributed by atoms with Crippen molar-refractivity contribution in [1.29, 1.82) is 0 Å². The Hall–Kier alpha value is -4.42. The number of halogens is 3. The highest BCUT2D eigenvalue weighted by atomic mass is 19.4. The maximum Gasteiger partial charge on any atom is 0.416 e. The zero-order valence-electron chi connectivity index (χ0n) is 22.6. The standard InChI is InChI=1S/C29H29F3N8O/c1-19-3-4-20(13-26(19)38-28-35-8-7-25(37-28)22-15-33-18-34-16-22)27(41)36-23-6-5-21(24(14-23)29(30,31)32)17-40-11-9-39(2)10-12-40/h3-8,13-16,18H,9-12,17H2,1-2H3,(H,36,41)(H,35,37,38). The van der Waals surface area contributed by atoms with Gasteiger partial charge in [0, 0.05) is 73.8 Å². The van der Waals surface area contributed by atoms with Gasteiger partial charge in [0.1, 0.15) is 6.33 Å². The molecule has 0 spiro atoms. The molecule has 2 aromatic carbocycles. The predicted molar refractivity (Wildman–Crippen MR) is 150 cm³/mol. The monoisotopic (exact) mass is 562 g/mol. The first-order valence-electron chi connectivity index (χ1n) is 13.0. The minimum atomic E-state index is -4.55. The number of benzene rings is 2. The van der Waals surface area contributed by atoms with Crippen LogP contribution in [0.4, 0.5) is 30.5 Å². The van der Waals surface area contributed by atoms with E-state index in [4.69, 9.17) is 0 Å². The predicted octanol–water partition coefficient (Wildman–Crippen LogP) is 5.00. The Morgan fingerprint density at radius 2 is 1.76 bits per heavy atom. The summed E-state index contributed by atoms with van der Waals surface area (Å²) in [6.45, 7) is 5.07. The van der Waals surface area contributed by atoms with Crippen molar-refractivity contribution in [2.75, 3.05) is 43.9 Å². The molecule has 0 atom stereocenters. The van der Waals surface area contributed by atoms with Crippen LogP contribution in [0, 0.1) is 6.92 Å². The van der Waals surface area contributed by atoms with Crippen molar-refractivity contribution in [1.82, 2.24) is 29.7 Å². The van der Waals surface area contributed by atoms with Gasteiger partial charge in [0.2, 0.25) is 5.95 Å². The molecule has 2 N–H and O–H groups in total. The second kappa shape index (κ2) is 12.0. The summed E-state index contributed by atoms with van der Waals surface area (Å²) in [6, 6.07) is 10.7. The van der Waals surface area contributed by atoms with Gasteiger partial charge in [0.15, 0.2) is 0 Å². The molecule has 3 heterocycles. The van der Waals surface area contributed by atoms with E-state index in [1.807, 2.05) is 18.9 Å². The van der Waals surface area contributed by atoms with Gasteiger partial charge in [-0.15, -0.1) is 0 Å². The molecule has 12 heteroatoms. The summed E-state index contributed by atoms with van der Waals surface area (Å²) in [5.41, 5.74) is 2.51. The summed E-state index contributed by atoms with van der Waals surface area (Å²) >= 11 is 0. The van der Waals surface area contributed by atoms with E-state index in [0.717, 1.165) is 30.3 Å². The molecule has 0 saturated carbocycles. The van der Waals surface area contributed by atoms with Crippen LogP contribution in [0.25, 0.3) is 11.3 Å². The summed E-state index contributed by atoms with van der Waals surface area (Å²) in [4.78, 5) is 34.0. The highest BCUT2D eigenvalue weighted by Gasteiger charge is 2.34. The molecule has 0 bridgehead atoms. The van der Waals surface area contributed by atoms with Crippen LogP contribution in [0.1, 0.15) is 27.0 Å². The molecule has 41 heavy (non-hydrogen) atoms. The first-order valence-corrected chi connectivity index (χ1v) is 13.0. The van der Waals surface area contributed by atoms with E-state index in [1.54, 1.807) is 42.9 Å².